The number of halogens is 1. The fraction of sp³-hybridized carbons (Fsp3) is 0.391. The van der Waals surface area contributed by atoms with Crippen molar-refractivity contribution in [3.63, 3.8) is 0 Å². The number of alkyl halides is 1. The van der Waals surface area contributed by atoms with E-state index in [9.17, 15) is 9.18 Å². The predicted molar refractivity (Wildman–Crippen MR) is 111 cm³/mol. The molecule has 0 radical (unpaired) electrons. The maximum Gasteiger partial charge on any atom is 0.273 e. The standard InChI is InChI=1S/C23H28FN3O/c1-17-11-5-7-13-19(17)23(2,3)25-22(28)21-18-12-6-8-14-20(18)27(26-21)16-10-4-9-15-24/h5-8,11-14H,4,9-10,15-16H2,1-3H3,(H,25,28). The molecule has 2 aromatic carbocycles. The normalized spacial score (nSPS) is 11.7. The molecule has 3 rings (SSSR count). The minimum absolute atomic E-state index is 0.188. The average Bonchev–Trinajstić information content (AvgIpc) is 3.04. The Bertz CT molecular complexity index is 961. The lowest BCUT2D eigenvalue weighted by atomic mass is 9.90. The number of hydrogen-bond donors (Lipinski definition) is 1. The van der Waals surface area contributed by atoms with Gasteiger partial charge in [0.15, 0.2) is 5.69 Å². The zero-order valence-corrected chi connectivity index (χ0v) is 16.8. The Kier molecular flexibility index (Phi) is 6.12. The summed E-state index contributed by atoms with van der Waals surface area (Å²) >= 11 is 0. The number of unbranched alkanes of at least 4 members (excludes halogenated alkanes) is 2. The van der Waals surface area contributed by atoms with Gasteiger partial charge in [-0.25, -0.2) is 0 Å². The van der Waals surface area contributed by atoms with Crippen LogP contribution in [0.2, 0.25) is 0 Å². The molecule has 0 saturated heterocycles. The van der Waals surface area contributed by atoms with E-state index in [0.29, 0.717) is 18.7 Å². The number of rotatable bonds is 8. The van der Waals surface area contributed by atoms with Crippen LogP contribution in [0.25, 0.3) is 10.9 Å². The summed E-state index contributed by atoms with van der Waals surface area (Å²) in [6, 6.07) is 15.8. The zero-order valence-electron chi connectivity index (χ0n) is 16.8. The van der Waals surface area contributed by atoms with Gasteiger partial charge in [-0.15, -0.1) is 0 Å². The van der Waals surface area contributed by atoms with E-state index < -0.39 is 5.54 Å². The third kappa shape index (κ3) is 4.24. The fourth-order valence-corrected chi connectivity index (χ4v) is 3.68. The molecule has 1 aromatic heterocycles. The molecule has 5 heteroatoms. The molecule has 3 aromatic rings. The van der Waals surface area contributed by atoms with E-state index in [1.165, 1.54) is 0 Å². The Hall–Kier alpha value is -2.69. The molecule has 1 heterocycles. The summed E-state index contributed by atoms with van der Waals surface area (Å²) in [6.45, 7) is 6.44. The number of aryl methyl sites for hydroxylation is 2. The second-order valence-corrected chi connectivity index (χ2v) is 7.73. The number of hydrogen-bond acceptors (Lipinski definition) is 2. The first-order chi connectivity index (χ1) is 13.4. The summed E-state index contributed by atoms with van der Waals surface area (Å²) in [7, 11) is 0. The smallest absolute Gasteiger partial charge is 0.273 e. The van der Waals surface area contributed by atoms with Crippen LogP contribution in [0.15, 0.2) is 48.5 Å². The molecule has 148 valence electrons. The Morgan fingerprint density at radius 3 is 2.54 bits per heavy atom. The summed E-state index contributed by atoms with van der Waals surface area (Å²) in [5.74, 6) is -0.188. The summed E-state index contributed by atoms with van der Waals surface area (Å²) < 4.78 is 14.2. The maximum atomic E-state index is 13.1. The summed E-state index contributed by atoms with van der Waals surface area (Å²) in [5, 5.41) is 8.58. The molecule has 0 atom stereocenters. The highest BCUT2D eigenvalue weighted by Crippen LogP contribution is 2.25. The largest absolute Gasteiger partial charge is 0.342 e. The minimum atomic E-state index is -0.519. The number of carbonyl (C=O) groups excluding carboxylic acids is 1. The van der Waals surface area contributed by atoms with Crippen LogP contribution >= 0.6 is 0 Å². The monoisotopic (exact) mass is 381 g/mol. The van der Waals surface area contributed by atoms with Crippen molar-refractivity contribution in [2.24, 2.45) is 0 Å². The molecular weight excluding hydrogens is 353 g/mol. The molecule has 0 spiro atoms. The molecule has 28 heavy (non-hydrogen) atoms. The van der Waals surface area contributed by atoms with Gasteiger partial charge in [0.2, 0.25) is 0 Å². The molecule has 0 fully saturated rings. The number of amides is 1. The van der Waals surface area contributed by atoms with Crippen molar-refractivity contribution in [2.45, 2.75) is 52.1 Å². The number of fused-ring (bicyclic) bond motifs is 1. The van der Waals surface area contributed by atoms with Gasteiger partial charge >= 0.3 is 0 Å². The van der Waals surface area contributed by atoms with Crippen molar-refractivity contribution in [2.75, 3.05) is 6.67 Å². The maximum absolute atomic E-state index is 13.1. The number of para-hydroxylation sites is 1. The lowest BCUT2D eigenvalue weighted by Crippen LogP contribution is -2.41. The van der Waals surface area contributed by atoms with Crippen LogP contribution in [0, 0.1) is 6.92 Å². The minimum Gasteiger partial charge on any atom is -0.342 e. The summed E-state index contributed by atoms with van der Waals surface area (Å²) in [6.07, 6.45) is 2.22. The third-order valence-corrected chi connectivity index (χ3v) is 5.12. The van der Waals surface area contributed by atoms with Gasteiger partial charge in [-0.1, -0.05) is 42.5 Å². The molecule has 0 saturated carbocycles. The number of benzene rings is 2. The SMILES string of the molecule is Cc1ccccc1C(C)(C)NC(=O)c1nn(CCCCCF)c2ccccc12. The van der Waals surface area contributed by atoms with Gasteiger partial charge in [0, 0.05) is 11.9 Å². The highest BCUT2D eigenvalue weighted by molar-refractivity contribution is 6.05. The van der Waals surface area contributed by atoms with Gasteiger partial charge in [-0.2, -0.15) is 5.10 Å². The molecule has 0 aliphatic rings. The van der Waals surface area contributed by atoms with Crippen LogP contribution in [0.5, 0.6) is 0 Å². The molecule has 0 aliphatic heterocycles. The highest BCUT2D eigenvalue weighted by atomic mass is 19.1. The first-order valence-electron chi connectivity index (χ1n) is 9.84. The van der Waals surface area contributed by atoms with E-state index >= 15 is 0 Å². The van der Waals surface area contributed by atoms with Crippen molar-refractivity contribution in [3.8, 4) is 0 Å². The van der Waals surface area contributed by atoms with Crippen molar-refractivity contribution in [1.82, 2.24) is 15.1 Å². The van der Waals surface area contributed by atoms with Crippen molar-refractivity contribution < 1.29 is 9.18 Å². The quantitative estimate of drug-likeness (QED) is 0.549. The second kappa shape index (κ2) is 8.55. The fourth-order valence-electron chi connectivity index (χ4n) is 3.68. The van der Waals surface area contributed by atoms with Crippen molar-refractivity contribution >= 4 is 16.8 Å². The third-order valence-electron chi connectivity index (χ3n) is 5.12. The second-order valence-electron chi connectivity index (χ2n) is 7.73. The van der Waals surface area contributed by atoms with E-state index in [2.05, 4.69) is 10.4 Å². The Morgan fingerprint density at radius 2 is 1.79 bits per heavy atom. The van der Waals surface area contributed by atoms with E-state index in [0.717, 1.165) is 34.9 Å². The summed E-state index contributed by atoms with van der Waals surface area (Å²) in [4.78, 5) is 13.1. The molecular formula is C23H28FN3O. The van der Waals surface area contributed by atoms with Crippen LogP contribution in [0.1, 0.15) is 54.7 Å². The first kappa shape index (κ1) is 20.1. The van der Waals surface area contributed by atoms with Gasteiger partial charge in [0.25, 0.3) is 5.91 Å². The Labute approximate surface area is 165 Å². The Morgan fingerprint density at radius 1 is 1.07 bits per heavy atom. The molecule has 1 amide bonds. The van der Waals surface area contributed by atoms with Gasteiger partial charge in [0.1, 0.15) is 0 Å². The zero-order chi connectivity index (χ0) is 20.1. The van der Waals surface area contributed by atoms with Gasteiger partial charge in [-0.05, 0) is 57.2 Å². The average molecular weight is 381 g/mol. The lowest BCUT2D eigenvalue weighted by molar-refractivity contribution is 0.0907. The number of nitrogens with one attached hydrogen (secondary N) is 1. The van der Waals surface area contributed by atoms with Crippen LogP contribution < -0.4 is 5.32 Å². The van der Waals surface area contributed by atoms with E-state index in [1.807, 2.05) is 74.0 Å². The van der Waals surface area contributed by atoms with Crippen molar-refractivity contribution in [3.05, 3.63) is 65.4 Å². The van der Waals surface area contributed by atoms with Crippen LogP contribution in [0.4, 0.5) is 4.39 Å². The van der Waals surface area contributed by atoms with Crippen molar-refractivity contribution in [1.29, 1.82) is 0 Å². The van der Waals surface area contributed by atoms with Gasteiger partial charge < -0.3 is 5.32 Å². The van der Waals surface area contributed by atoms with E-state index in [1.54, 1.807) is 0 Å². The number of aromatic nitrogens is 2. The molecule has 0 aliphatic carbocycles. The van der Waals surface area contributed by atoms with Gasteiger partial charge in [0.05, 0.1) is 17.7 Å². The molecule has 4 nitrogen and oxygen atoms in total. The van der Waals surface area contributed by atoms with Crippen LogP contribution in [-0.4, -0.2) is 22.4 Å². The molecule has 0 unspecified atom stereocenters. The van der Waals surface area contributed by atoms with Crippen LogP contribution in [-0.2, 0) is 12.1 Å². The Balaban J connectivity index is 1.86. The molecule has 0 bridgehead atoms. The predicted octanol–water partition coefficient (Wildman–Crippen LogP) is 5.15. The topological polar surface area (TPSA) is 46.9 Å². The number of nitrogens with zero attached hydrogens (tertiary/aromatic N) is 2. The van der Waals surface area contributed by atoms with Gasteiger partial charge in [-0.3, -0.25) is 13.9 Å². The van der Waals surface area contributed by atoms with Crippen LogP contribution in [0.3, 0.4) is 0 Å². The first-order valence-corrected chi connectivity index (χ1v) is 9.84. The van der Waals surface area contributed by atoms with E-state index in [-0.39, 0.29) is 12.6 Å². The highest BCUT2D eigenvalue weighted by Gasteiger charge is 2.27. The number of carbonyl (C=O) groups is 1. The van der Waals surface area contributed by atoms with E-state index in [4.69, 9.17) is 0 Å². The molecule has 1 N–H and O–H groups in total. The lowest BCUT2D eigenvalue weighted by Gasteiger charge is -2.28. The summed E-state index contributed by atoms with van der Waals surface area (Å²) in [5.41, 5.74) is 3.06.